The van der Waals surface area contributed by atoms with Crippen molar-refractivity contribution in [2.75, 3.05) is 25.5 Å². The number of nitrogens with one attached hydrogen (secondary N) is 1. The van der Waals surface area contributed by atoms with Gasteiger partial charge in [0.05, 0.1) is 17.5 Å². The van der Waals surface area contributed by atoms with Crippen LogP contribution in [0.4, 0.5) is 5.69 Å². The minimum atomic E-state index is -0.523. The number of likely N-dealkylation sites (tertiary alicyclic amines) is 1. The van der Waals surface area contributed by atoms with E-state index in [1.54, 1.807) is 23.3 Å². The minimum absolute atomic E-state index is 0.0378. The SMILES string of the molecule is CCN1CCCC1N(C)C(=O)C(C)n1c(C)c(NC=O)c(C)c1C=O. The van der Waals surface area contributed by atoms with Crippen molar-refractivity contribution in [2.24, 2.45) is 0 Å². The Bertz CT molecular complexity index is 668. The van der Waals surface area contributed by atoms with Gasteiger partial charge in [-0.1, -0.05) is 6.92 Å². The van der Waals surface area contributed by atoms with Gasteiger partial charge in [0.15, 0.2) is 6.29 Å². The molecule has 1 aliphatic heterocycles. The lowest BCUT2D eigenvalue weighted by molar-refractivity contribution is -0.138. The Morgan fingerprint density at radius 3 is 2.64 bits per heavy atom. The summed E-state index contributed by atoms with van der Waals surface area (Å²) in [6, 6.07) is -0.523. The molecule has 0 aliphatic carbocycles. The maximum absolute atomic E-state index is 13.1. The highest BCUT2D eigenvalue weighted by Gasteiger charge is 2.33. The van der Waals surface area contributed by atoms with E-state index in [-0.39, 0.29) is 12.1 Å². The number of amides is 2. The molecule has 1 saturated heterocycles. The molecule has 2 heterocycles. The van der Waals surface area contributed by atoms with Gasteiger partial charge in [-0.2, -0.15) is 0 Å². The van der Waals surface area contributed by atoms with Crippen molar-refractivity contribution in [1.82, 2.24) is 14.4 Å². The summed E-state index contributed by atoms with van der Waals surface area (Å²) >= 11 is 0. The lowest BCUT2D eigenvalue weighted by Crippen LogP contribution is -2.47. The van der Waals surface area contributed by atoms with Crippen LogP contribution < -0.4 is 5.32 Å². The number of rotatable bonds is 7. The molecule has 138 valence electrons. The van der Waals surface area contributed by atoms with Gasteiger partial charge in [0, 0.05) is 24.8 Å². The molecule has 2 rings (SSSR count). The van der Waals surface area contributed by atoms with E-state index in [2.05, 4.69) is 17.1 Å². The Morgan fingerprint density at radius 1 is 1.40 bits per heavy atom. The van der Waals surface area contributed by atoms with E-state index in [0.29, 0.717) is 29.0 Å². The Hall–Kier alpha value is -2.15. The maximum Gasteiger partial charge on any atom is 0.246 e. The smallest absolute Gasteiger partial charge is 0.246 e. The summed E-state index contributed by atoms with van der Waals surface area (Å²) in [6.07, 6.45) is 3.48. The number of aldehydes is 1. The number of hydrogen-bond donors (Lipinski definition) is 1. The largest absolute Gasteiger partial charge is 0.328 e. The third kappa shape index (κ3) is 3.33. The van der Waals surface area contributed by atoms with Gasteiger partial charge < -0.3 is 14.8 Å². The fourth-order valence-electron chi connectivity index (χ4n) is 3.97. The third-order valence-corrected chi connectivity index (χ3v) is 5.33. The highest BCUT2D eigenvalue weighted by Crippen LogP contribution is 2.30. The lowest BCUT2D eigenvalue weighted by Gasteiger charge is -2.34. The van der Waals surface area contributed by atoms with Gasteiger partial charge in [0.25, 0.3) is 0 Å². The quantitative estimate of drug-likeness (QED) is 0.764. The number of likely N-dealkylation sites (N-methyl/N-ethyl adjacent to an activating group) is 1. The molecule has 1 aromatic heterocycles. The number of carbonyl (C=O) groups is 3. The van der Waals surface area contributed by atoms with Crippen LogP contribution in [0.3, 0.4) is 0 Å². The molecule has 1 aliphatic rings. The summed E-state index contributed by atoms with van der Waals surface area (Å²) in [7, 11) is 1.83. The van der Waals surface area contributed by atoms with E-state index in [4.69, 9.17) is 0 Å². The van der Waals surface area contributed by atoms with Gasteiger partial charge in [-0.25, -0.2) is 0 Å². The number of aromatic nitrogens is 1. The Kier molecular flexibility index (Phi) is 6.00. The van der Waals surface area contributed by atoms with Gasteiger partial charge in [-0.3, -0.25) is 19.3 Å². The topological polar surface area (TPSA) is 74.7 Å². The van der Waals surface area contributed by atoms with Crippen molar-refractivity contribution in [1.29, 1.82) is 0 Å². The number of hydrogen-bond acceptors (Lipinski definition) is 4. The summed E-state index contributed by atoms with van der Waals surface area (Å²) in [5.41, 5.74) is 2.41. The van der Waals surface area contributed by atoms with E-state index in [1.165, 1.54) is 0 Å². The molecule has 1 N–H and O–H groups in total. The highest BCUT2D eigenvalue weighted by atomic mass is 16.2. The Morgan fingerprint density at radius 2 is 2.08 bits per heavy atom. The molecule has 0 spiro atoms. The Balaban J connectivity index is 2.34. The molecule has 2 amide bonds. The monoisotopic (exact) mass is 348 g/mol. The Labute approximate surface area is 149 Å². The van der Waals surface area contributed by atoms with E-state index in [1.807, 2.05) is 14.0 Å². The molecule has 7 heteroatoms. The molecule has 0 saturated carbocycles. The van der Waals surface area contributed by atoms with Crippen LogP contribution in [0.15, 0.2) is 0 Å². The van der Waals surface area contributed by atoms with Crippen LogP contribution in [0.25, 0.3) is 0 Å². The predicted molar refractivity (Wildman–Crippen MR) is 96.7 cm³/mol. The molecule has 0 aromatic carbocycles. The van der Waals surface area contributed by atoms with Crippen molar-refractivity contribution >= 4 is 24.3 Å². The molecule has 0 radical (unpaired) electrons. The summed E-state index contributed by atoms with van der Waals surface area (Å²) < 4.78 is 1.72. The van der Waals surface area contributed by atoms with Crippen molar-refractivity contribution in [3.63, 3.8) is 0 Å². The summed E-state index contributed by atoms with van der Waals surface area (Å²) in [5, 5.41) is 2.64. The van der Waals surface area contributed by atoms with Crippen molar-refractivity contribution in [3.05, 3.63) is 17.0 Å². The zero-order chi connectivity index (χ0) is 18.7. The molecule has 0 bridgehead atoms. The number of anilines is 1. The third-order valence-electron chi connectivity index (χ3n) is 5.33. The molecule has 1 aromatic rings. The second-order valence-electron chi connectivity index (χ2n) is 6.60. The second kappa shape index (κ2) is 7.82. The van der Waals surface area contributed by atoms with Gasteiger partial charge in [0.1, 0.15) is 6.04 Å². The van der Waals surface area contributed by atoms with Crippen LogP contribution >= 0.6 is 0 Å². The fraction of sp³-hybridized carbons (Fsp3) is 0.611. The summed E-state index contributed by atoms with van der Waals surface area (Å²) in [6.45, 7) is 9.39. The van der Waals surface area contributed by atoms with E-state index < -0.39 is 6.04 Å². The van der Waals surface area contributed by atoms with Crippen molar-refractivity contribution < 1.29 is 14.4 Å². The molecule has 25 heavy (non-hydrogen) atoms. The van der Waals surface area contributed by atoms with Crippen LogP contribution in [0.1, 0.15) is 54.5 Å². The molecular formula is C18H28N4O3. The average molecular weight is 348 g/mol. The van der Waals surface area contributed by atoms with Crippen molar-refractivity contribution in [3.8, 4) is 0 Å². The summed E-state index contributed by atoms with van der Waals surface area (Å²) in [5.74, 6) is -0.0378. The second-order valence-corrected chi connectivity index (χ2v) is 6.60. The number of carbonyl (C=O) groups excluding carboxylic acids is 3. The number of nitrogens with zero attached hydrogens (tertiary/aromatic N) is 3. The standard InChI is InChI=1S/C18H28N4O3/c1-6-21-9-7-8-16(21)20(5)18(25)14(4)22-13(3)17(19-11-24)12(2)15(22)10-23/h10-11,14,16H,6-9H2,1-5H3,(H,19,24). The molecular weight excluding hydrogens is 320 g/mol. The molecule has 7 nitrogen and oxygen atoms in total. The van der Waals surface area contributed by atoms with Crippen LogP contribution in [-0.4, -0.2) is 59.3 Å². The van der Waals surface area contributed by atoms with E-state index >= 15 is 0 Å². The van der Waals surface area contributed by atoms with Crippen LogP contribution in [0.5, 0.6) is 0 Å². The van der Waals surface area contributed by atoms with Gasteiger partial charge >= 0.3 is 0 Å². The van der Waals surface area contributed by atoms with Crippen LogP contribution in [0.2, 0.25) is 0 Å². The maximum atomic E-state index is 13.1. The molecule has 2 atom stereocenters. The lowest BCUT2D eigenvalue weighted by atomic mass is 10.2. The highest BCUT2D eigenvalue weighted by molar-refractivity contribution is 5.87. The zero-order valence-corrected chi connectivity index (χ0v) is 15.7. The van der Waals surface area contributed by atoms with Gasteiger partial charge in [-0.05, 0) is 40.2 Å². The van der Waals surface area contributed by atoms with E-state index in [9.17, 15) is 14.4 Å². The molecule has 1 fully saturated rings. The van der Waals surface area contributed by atoms with Crippen molar-refractivity contribution in [2.45, 2.75) is 52.7 Å². The van der Waals surface area contributed by atoms with Crippen LogP contribution in [-0.2, 0) is 9.59 Å². The van der Waals surface area contributed by atoms with E-state index in [0.717, 1.165) is 32.2 Å². The average Bonchev–Trinajstić information content (AvgIpc) is 3.17. The first-order chi connectivity index (χ1) is 11.9. The van der Waals surface area contributed by atoms with Gasteiger partial charge in [-0.15, -0.1) is 0 Å². The zero-order valence-electron chi connectivity index (χ0n) is 15.7. The van der Waals surface area contributed by atoms with Crippen LogP contribution in [0, 0.1) is 13.8 Å². The normalized spacial score (nSPS) is 18.8. The fourth-order valence-corrected chi connectivity index (χ4v) is 3.97. The first-order valence-corrected chi connectivity index (χ1v) is 8.76. The summed E-state index contributed by atoms with van der Waals surface area (Å²) in [4.78, 5) is 39.6. The first kappa shape index (κ1) is 19.2. The predicted octanol–water partition coefficient (Wildman–Crippen LogP) is 1.95. The molecule has 2 unspecified atom stereocenters. The minimum Gasteiger partial charge on any atom is -0.328 e. The first-order valence-electron chi connectivity index (χ1n) is 8.76. The van der Waals surface area contributed by atoms with Gasteiger partial charge in [0.2, 0.25) is 12.3 Å².